The highest BCUT2D eigenvalue weighted by atomic mass is 16.5. The van der Waals surface area contributed by atoms with Gasteiger partial charge < -0.3 is 14.5 Å². The summed E-state index contributed by atoms with van der Waals surface area (Å²) in [6, 6.07) is 17.4. The van der Waals surface area contributed by atoms with E-state index in [4.69, 9.17) is 4.74 Å². The molecule has 2 atom stereocenters. The van der Waals surface area contributed by atoms with Crippen molar-refractivity contribution >= 4 is 17.5 Å². The summed E-state index contributed by atoms with van der Waals surface area (Å²) in [6.07, 6.45) is 4.55. The lowest BCUT2D eigenvalue weighted by Gasteiger charge is -2.36. The summed E-state index contributed by atoms with van der Waals surface area (Å²) < 4.78 is 6.03. The minimum Gasteiger partial charge on any atom is -0.455 e. The average Bonchev–Trinajstić information content (AvgIpc) is 3.15. The van der Waals surface area contributed by atoms with Gasteiger partial charge in [-0.25, -0.2) is 0 Å². The maximum atomic E-state index is 13.2. The van der Waals surface area contributed by atoms with Crippen molar-refractivity contribution in [3.8, 4) is 11.5 Å². The molecule has 2 heterocycles. The minimum absolute atomic E-state index is 0.0162. The second-order valence-electron chi connectivity index (χ2n) is 7.88. The Morgan fingerprint density at radius 3 is 2.62 bits per heavy atom. The number of carbonyl (C=O) groups excluding carboxylic acids is 2. The van der Waals surface area contributed by atoms with Crippen molar-refractivity contribution in [2.45, 2.75) is 45.1 Å². The van der Waals surface area contributed by atoms with Crippen LogP contribution in [-0.2, 0) is 9.59 Å². The van der Waals surface area contributed by atoms with Crippen LogP contribution in [0.15, 0.2) is 54.6 Å². The van der Waals surface area contributed by atoms with Crippen molar-refractivity contribution in [1.82, 2.24) is 4.90 Å². The monoisotopic (exact) mass is 392 g/mol. The summed E-state index contributed by atoms with van der Waals surface area (Å²) in [6.45, 7) is 3.37. The Labute approximate surface area is 172 Å². The summed E-state index contributed by atoms with van der Waals surface area (Å²) in [5.41, 5.74) is 0.724. The highest BCUT2D eigenvalue weighted by molar-refractivity contribution is 6.01. The Balaban J connectivity index is 1.52. The zero-order valence-corrected chi connectivity index (χ0v) is 16.9. The molecule has 0 radical (unpaired) electrons. The van der Waals surface area contributed by atoms with Crippen molar-refractivity contribution in [2.75, 3.05) is 18.0 Å². The summed E-state index contributed by atoms with van der Waals surface area (Å²) in [5, 5.41) is 0. The minimum atomic E-state index is -0.278. The van der Waals surface area contributed by atoms with E-state index in [2.05, 4.69) is 6.92 Å². The van der Waals surface area contributed by atoms with E-state index in [1.165, 1.54) is 6.42 Å². The lowest BCUT2D eigenvalue weighted by molar-refractivity contribution is -0.139. The van der Waals surface area contributed by atoms with Crippen LogP contribution in [0.2, 0.25) is 0 Å². The first-order chi connectivity index (χ1) is 14.2. The van der Waals surface area contributed by atoms with E-state index in [-0.39, 0.29) is 24.2 Å². The molecule has 2 unspecified atom stereocenters. The Kier molecular flexibility index (Phi) is 5.84. The standard InChI is InChI=1S/C24H28N2O3/c1-2-19-10-8-9-15-25(19)24(28)18-16-23(27)26(17-18)21-13-6-7-14-22(21)29-20-11-4-3-5-12-20/h3-7,11-14,18-19H,2,8-10,15-17H2,1H3. The molecule has 0 bridgehead atoms. The van der Waals surface area contributed by atoms with Gasteiger partial charge in [0.25, 0.3) is 0 Å². The molecule has 152 valence electrons. The first-order valence-electron chi connectivity index (χ1n) is 10.6. The fourth-order valence-electron chi connectivity index (χ4n) is 4.44. The average molecular weight is 392 g/mol. The Morgan fingerprint density at radius 1 is 1.07 bits per heavy atom. The van der Waals surface area contributed by atoms with Gasteiger partial charge in [0, 0.05) is 25.6 Å². The molecule has 29 heavy (non-hydrogen) atoms. The third-order valence-corrected chi connectivity index (χ3v) is 5.98. The molecule has 0 aromatic heterocycles. The lowest BCUT2D eigenvalue weighted by Crippen LogP contribution is -2.46. The number of hydrogen-bond donors (Lipinski definition) is 0. The molecule has 2 fully saturated rings. The van der Waals surface area contributed by atoms with Gasteiger partial charge in [-0.1, -0.05) is 37.3 Å². The smallest absolute Gasteiger partial charge is 0.228 e. The summed E-state index contributed by atoms with van der Waals surface area (Å²) in [5.74, 6) is 1.19. The van der Waals surface area contributed by atoms with E-state index in [0.29, 0.717) is 18.3 Å². The quantitative estimate of drug-likeness (QED) is 0.746. The molecular weight excluding hydrogens is 364 g/mol. The molecule has 2 amide bonds. The van der Waals surface area contributed by atoms with E-state index in [0.717, 1.165) is 37.2 Å². The van der Waals surface area contributed by atoms with Gasteiger partial charge in [0.1, 0.15) is 5.75 Å². The van der Waals surface area contributed by atoms with E-state index < -0.39 is 0 Å². The third-order valence-electron chi connectivity index (χ3n) is 5.98. The van der Waals surface area contributed by atoms with Crippen molar-refractivity contribution in [1.29, 1.82) is 0 Å². The van der Waals surface area contributed by atoms with Crippen LogP contribution in [0.5, 0.6) is 11.5 Å². The fourth-order valence-corrected chi connectivity index (χ4v) is 4.44. The number of carbonyl (C=O) groups is 2. The van der Waals surface area contributed by atoms with Gasteiger partial charge in [0.15, 0.2) is 5.75 Å². The van der Waals surface area contributed by atoms with Crippen molar-refractivity contribution < 1.29 is 14.3 Å². The first-order valence-corrected chi connectivity index (χ1v) is 10.6. The Hall–Kier alpha value is -2.82. The van der Waals surface area contributed by atoms with Crippen LogP contribution >= 0.6 is 0 Å². The number of amides is 2. The largest absolute Gasteiger partial charge is 0.455 e. The molecule has 0 N–H and O–H groups in total. The summed E-state index contributed by atoms with van der Waals surface area (Å²) >= 11 is 0. The van der Waals surface area contributed by atoms with Crippen molar-refractivity contribution in [2.24, 2.45) is 5.92 Å². The zero-order chi connectivity index (χ0) is 20.2. The van der Waals surface area contributed by atoms with Crippen LogP contribution in [0.25, 0.3) is 0 Å². The van der Waals surface area contributed by atoms with Gasteiger partial charge in [0.05, 0.1) is 11.6 Å². The van der Waals surface area contributed by atoms with Gasteiger partial charge in [-0.15, -0.1) is 0 Å². The number of nitrogens with zero attached hydrogens (tertiary/aromatic N) is 2. The van der Waals surface area contributed by atoms with Gasteiger partial charge in [-0.2, -0.15) is 0 Å². The second kappa shape index (κ2) is 8.68. The van der Waals surface area contributed by atoms with E-state index in [9.17, 15) is 9.59 Å². The lowest BCUT2D eigenvalue weighted by atomic mass is 9.97. The molecule has 2 aromatic rings. The SMILES string of the molecule is CCC1CCCCN1C(=O)C1CC(=O)N(c2ccccc2Oc2ccccc2)C1. The Morgan fingerprint density at radius 2 is 1.83 bits per heavy atom. The number of para-hydroxylation sites is 3. The molecule has 4 rings (SSSR count). The van der Waals surface area contributed by atoms with Crippen LogP contribution < -0.4 is 9.64 Å². The number of benzene rings is 2. The van der Waals surface area contributed by atoms with Crippen molar-refractivity contribution in [3.05, 3.63) is 54.6 Å². The molecule has 0 aliphatic carbocycles. The first kappa shape index (κ1) is 19.5. The van der Waals surface area contributed by atoms with E-state index >= 15 is 0 Å². The maximum absolute atomic E-state index is 13.2. The van der Waals surface area contributed by atoms with E-state index in [1.807, 2.05) is 59.5 Å². The summed E-state index contributed by atoms with van der Waals surface area (Å²) in [7, 11) is 0. The van der Waals surface area contributed by atoms with Crippen LogP contribution in [0.3, 0.4) is 0 Å². The van der Waals surface area contributed by atoms with Gasteiger partial charge in [-0.3, -0.25) is 9.59 Å². The molecular formula is C24H28N2O3. The van der Waals surface area contributed by atoms with Gasteiger partial charge in [-0.05, 0) is 49.9 Å². The fraction of sp³-hybridized carbons (Fsp3) is 0.417. The topological polar surface area (TPSA) is 49.9 Å². The van der Waals surface area contributed by atoms with Crippen LogP contribution in [0, 0.1) is 5.92 Å². The van der Waals surface area contributed by atoms with Crippen LogP contribution in [0.1, 0.15) is 39.0 Å². The van der Waals surface area contributed by atoms with Crippen LogP contribution in [-0.4, -0.2) is 35.8 Å². The molecule has 5 nitrogen and oxygen atoms in total. The zero-order valence-electron chi connectivity index (χ0n) is 16.9. The molecule has 0 saturated carbocycles. The molecule has 2 aliphatic heterocycles. The Bertz CT molecular complexity index is 867. The maximum Gasteiger partial charge on any atom is 0.228 e. The number of likely N-dealkylation sites (tertiary alicyclic amines) is 1. The van der Waals surface area contributed by atoms with Crippen LogP contribution in [0.4, 0.5) is 5.69 Å². The molecule has 5 heteroatoms. The molecule has 2 saturated heterocycles. The number of hydrogen-bond acceptors (Lipinski definition) is 3. The molecule has 2 aliphatic rings. The highest BCUT2D eigenvalue weighted by Crippen LogP contribution is 2.36. The van der Waals surface area contributed by atoms with E-state index in [1.54, 1.807) is 4.90 Å². The molecule has 0 spiro atoms. The molecule has 2 aromatic carbocycles. The predicted molar refractivity (Wildman–Crippen MR) is 113 cm³/mol. The van der Waals surface area contributed by atoms with Gasteiger partial charge >= 0.3 is 0 Å². The second-order valence-corrected chi connectivity index (χ2v) is 7.88. The number of ether oxygens (including phenoxy) is 1. The highest BCUT2D eigenvalue weighted by Gasteiger charge is 2.39. The van der Waals surface area contributed by atoms with Crippen molar-refractivity contribution in [3.63, 3.8) is 0 Å². The predicted octanol–water partition coefficient (Wildman–Crippen LogP) is 4.62. The summed E-state index contributed by atoms with van der Waals surface area (Å²) in [4.78, 5) is 29.8. The third kappa shape index (κ3) is 4.14. The number of rotatable bonds is 5. The number of anilines is 1. The number of piperidine rings is 1. The van der Waals surface area contributed by atoms with Gasteiger partial charge in [0.2, 0.25) is 11.8 Å². The normalized spacial score (nSPS) is 22.0.